The van der Waals surface area contributed by atoms with E-state index in [0.29, 0.717) is 30.3 Å². The summed E-state index contributed by atoms with van der Waals surface area (Å²) in [6, 6.07) is 25.1. The van der Waals surface area contributed by atoms with E-state index < -0.39 is 0 Å². The Balaban J connectivity index is 1.28. The molecule has 2 N–H and O–H groups in total. The third-order valence-corrected chi connectivity index (χ3v) is 5.61. The summed E-state index contributed by atoms with van der Waals surface area (Å²) in [5, 5.41) is 10.2. The molecule has 35 heavy (non-hydrogen) atoms. The molecule has 176 valence electrons. The highest BCUT2D eigenvalue weighted by atomic mass is 16.5. The van der Waals surface area contributed by atoms with Crippen molar-refractivity contribution in [1.29, 1.82) is 0 Å². The molecule has 0 radical (unpaired) electrons. The van der Waals surface area contributed by atoms with Gasteiger partial charge in [0.1, 0.15) is 18.2 Å². The summed E-state index contributed by atoms with van der Waals surface area (Å²) in [6.45, 7) is 1.70. The predicted octanol–water partition coefficient (Wildman–Crippen LogP) is 4.75. The van der Waals surface area contributed by atoms with Gasteiger partial charge in [-0.2, -0.15) is 5.10 Å². The predicted molar refractivity (Wildman–Crippen MR) is 135 cm³/mol. The second-order valence-electron chi connectivity index (χ2n) is 8.05. The molecule has 8 heteroatoms. The Morgan fingerprint density at radius 2 is 1.83 bits per heavy atom. The molecular weight excluding hydrogens is 442 g/mol. The van der Waals surface area contributed by atoms with Gasteiger partial charge in [0.2, 0.25) is 0 Å². The largest absolute Gasteiger partial charge is 0.491 e. The zero-order valence-electron chi connectivity index (χ0n) is 19.3. The molecule has 0 saturated heterocycles. The summed E-state index contributed by atoms with van der Waals surface area (Å²) in [4.78, 5) is 17.2. The number of H-pyrrole nitrogens is 1. The number of imidazole rings is 1. The second kappa shape index (κ2) is 10.2. The average molecular weight is 468 g/mol. The van der Waals surface area contributed by atoms with Crippen molar-refractivity contribution in [2.45, 2.75) is 6.54 Å². The minimum atomic E-state index is -0.236. The van der Waals surface area contributed by atoms with E-state index in [4.69, 9.17) is 9.47 Å². The lowest BCUT2D eigenvalue weighted by molar-refractivity contribution is 0.102. The molecule has 0 atom stereocenters. The van der Waals surface area contributed by atoms with Crippen molar-refractivity contribution in [1.82, 2.24) is 19.7 Å². The number of ether oxygens (including phenoxy) is 2. The summed E-state index contributed by atoms with van der Waals surface area (Å²) < 4.78 is 12.6. The fourth-order valence-corrected chi connectivity index (χ4v) is 3.80. The van der Waals surface area contributed by atoms with Gasteiger partial charge in [0.05, 0.1) is 29.7 Å². The molecule has 8 nitrogen and oxygen atoms in total. The zero-order valence-corrected chi connectivity index (χ0v) is 19.3. The van der Waals surface area contributed by atoms with E-state index in [1.807, 2.05) is 42.7 Å². The number of anilines is 1. The maximum absolute atomic E-state index is 12.7. The Hall–Kier alpha value is -4.43. The third kappa shape index (κ3) is 5.23. The van der Waals surface area contributed by atoms with Crippen molar-refractivity contribution in [2.75, 3.05) is 25.6 Å². The molecule has 5 rings (SSSR count). The van der Waals surface area contributed by atoms with Crippen LogP contribution in [-0.4, -0.2) is 46.0 Å². The molecular formula is C27H25N5O3. The molecule has 0 aliphatic rings. The van der Waals surface area contributed by atoms with Gasteiger partial charge in [-0.1, -0.05) is 36.4 Å². The summed E-state index contributed by atoms with van der Waals surface area (Å²) in [6.07, 6.45) is 1.85. The Kier molecular flexibility index (Phi) is 6.54. The van der Waals surface area contributed by atoms with Gasteiger partial charge in [-0.3, -0.25) is 9.89 Å². The standard InChI is InChI=1S/C27H25N5O3/c1-34-13-14-35-22-10-7-20(8-11-22)27(33)29-26-16-24(30-31-26)21-9-12-23-25(15-21)32(18-28-23)17-19-5-3-2-4-6-19/h2-12,15-16,18H,13-14,17H2,1H3,(H2,29,30,31,33). The molecule has 1 amide bonds. The molecule has 2 aromatic heterocycles. The number of rotatable bonds is 9. The van der Waals surface area contributed by atoms with Gasteiger partial charge in [-0.05, 0) is 42.0 Å². The van der Waals surface area contributed by atoms with Crippen molar-refractivity contribution >= 4 is 22.8 Å². The lowest BCUT2D eigenvalue weighted by Crippen LogP contribution is -2.12. The summed E-state index contributed by atoms with van der Waals surface area (Å²) in [5.41, 5.74) is 5.33. The van der Waals surface area contributed by atoms with Crippen LogP contribution in [0.25, 0.3) is 22.3 Å². The van der Waals surface area contributed by atoms with E-state index in [1.165, 1.54) is 5.56 Å². The normalized spacial score (nSPS) is 11.0. The first-order chi connectivity index (χ1) is 17.2. The van der Waals surface area contributed by atoms with Crippen molar-refractivity contribution in [2.24, 2.45) is 0 Å². The molecule has 0 aliphatic heterocycles. The number of methoxy groups -OCH3 is 1. The fourth-order valence-electron chi connectivity index (χ4n) is 3.80. The molecule has 0 fully saturated rings. The number of fused-ring (bicyclic) bond motifs is 1. The van der Waals surface area contributed by atoms with E-state index in [2.05, 4.69) is 43.3 Å². The fraction of sp³-hybridized carbons (Fsp3) is 0.148. The maximum Gasteiger partial charge on any atom is 0.256 e. The van der Waals surface area contributed by atoms with Crippen LogP contribution in [0.1, 0.15) is 15.9 Å². The minimum absolute atomic E-state index is 0.236. The number of nitrogens with zero attached hydrogens (tertiary/aromatic N) is 3. The van der Waals surface area contributed by atoms with Gasteiger partial charge >= 0.3 is 0 Å². The van der Waals surface area contributed by atoms with E-state index in [1.54, 1.807) is 31.4 Å². The summed E-state index contributed by atoms with van der Waals surface area (Å²) in [5.74, 6) is 0.965. The van der Waals surface area contributed by atoms with E-state index >= 15 is 0 Å². The van der Waals surface area contributed by atoms with Crippen molar-refractivity contribution < 1.29 is 14.3 Å². The van der Waals surface area contributed by atoms with Crippen LogP contribution in [0, 0.1) is 0 Å². The Labute approximate surface area is 202 Å². The molecule has 0 bridgehead atoms. The molecule has 0 aliphatic carbocycles. The molecule has 2 heterocycles. The molecule has 5 aromatic rings. The highest BCUT2D eigenvalue weighted by Crippen LogP contribution is 2.25. The number of nitrogens with one attached hydrogen (secondary N) is 2. The highest BCUT2D eigenvalue weighted by molar-refractivity contribution is 6.04. The molecule has 0 unspecified atom stereocenters. The van der Waals surface area contributed by atoms with Crippen LogP contribution in [0.15, 0.2) is 85.2 Å². The SMILES string of the molecule is COCCOc1ccc(C(=O)Nc2cc(-c3ccc4ncn(Cc5ccccc5)c4c3)n[nH]2)cc1. The van der Waals surface area contributed by atoms with E-state index in [-0.39, 0.29) is 5.91 Å². The average Bonchev–Trinajstić information content (AvgIpc) is 3.52. The van der Waals surface area contributed by atoms with Gasteiger partial charge in [-0.15, -0.1) is 0 Å². The number of hydrogen-bond donors (Lipinski definition) is 2. The smallest absolute Gasteiger partial charge is 0.256 e. The van der Waals surface area contributed by atoms with Gasteiger partial charge in [0.15, 0.2) is 0 Å². The maximum atomic E-state index is 12.7. The number of aromatic amines is 1. The van der Waals surface area contributed by atoms with Gasteiger partial charge in [0.25, 0.3) is 5.91 Å². The second-order valence-corrected chi connectivity index (χ2v) is 8.05. The lowest BCUT2D eigenvalue weighted by atomic mass is 10.1. The zero-order chi connectivity index (χ0) is 24.0. The number of aromatic nitrogens is 4. The van der Waals surface area contributed by atoms with E-state index in [9.17, 15) is 4.79 Å². The number of amides is 1. The van der Waals surface area contributed by atoms with Crippen LogP contribution in [0.5, 0.6) is 5.75 Å². The minimum Gasteiger partial charge on any atom is -0.491 e. The van der Waals surface area contributed by atoms with E-state index in [0.717, 1.165) is 28.8 Å². The van der Waals surface area contributed by atoms with Crippen LogP contribution in [0.4, 0.5) is 5.82 Å². The van der Waals surface area contributed by atoms with Gasteiger partial charge in [-0.25, -0.2) is 4.98 Å². The monoisotopic (exact) mass is 467 g/mol. The van der Waals surface area contributed by atoms with Crippen LogP contribution in [0.2, 0.25) is 0 Å². The van der Waals surface area contributed by atoms with Crippen LogP contribution in [0.3, 0.4) is 0 Å². The summed E-state index contributed by atoms with van der Waals surface area (Å²) >= 11 is 0. The third-order valence-electron chi connectivity index (χ3n) is 5.61. The Morgan fingerprint density at radius 1 is 1.00 bits per heavy atom. The number of carbonyl (C=O) groups excluding carboxylic acids is 1. The van der Waals surface area contributed by atoms with Crippen molar-refractivity contribution in [3.63, 3.8) is 0 Å². The first-order valence-electron chi connectivity index (χ1n) is 11.3. The lowest BCUT2D eigenvalue weighted by Gasteiger charge is -2.06. The molecule has 0 saturated carbocycles. The molecule has 0 spiro atoms. The first kappa shape index (κ1) is 22.4. The number of carbonyl (C=O) groups is 1. The van der Waals surface area contributed by atoms with Gasteiger partial charge < -0.3 is 19.4 Å². The summed E-state index contributed by atoms with van der Waals surface area (Å²) in [7, 11) is 1.62. The van der Waals surface area contributed by atoms with Crippen molar-refractivity contribution in [3.8, 4) is 17.0 Å². The molecule has 3 aromatic carbocycles. The van der Waals surface area contributed by atoms with Crippen molar-refractivity contribution in [3.05, 3.63) is 96.3 Å². The van der Waals surface area contributed by atoms with Crippen LogP contribution in [-0.2, 0) is 11.3 Å². The number of hydrogen-bond acceptors (Lipinski definition) is 5. The van der Waals surface area contributed by atoms with Crippen LogP contribution < -0.4 is 10.1 Å². The Morgan fingerprint density at radius 3 is 2.63 bits per heavy atom. The topological polar surface area (TPSA) is 94.1 Å². The number of benzene rings is 3. The highest BCUT2D eigenvalue weighted by Gasteiger charge is 2.12. The quantitative estimate of drug-likeness (QED) is 0.305. The van der Waals surface area contributed by atoms with Crippen LogP contribution >= 0.6 is 0 Å². The van der Waals surface area contributed by atoms with Gasteiger partial charge in [0, 0.05) is 30.8 Å². The Bertz CT molecular complexity index is 1420. The first-order valence-corrected chi connectivity index (χ1v) is 11.3.